The molecule has 0 aliphatic carbocycles. The Morgan fingerprint density at radius 2 is 1.78 bits per heavy atom. The number of phenolic OH excluding ortho intramolecular Hbond substituents is 1. The molecule has 0 spiro atoms. The van der Waals surface area contributed by atoms with Crippen molar-refractivity contribution in [3.8, 4) is 16.9 Å². The van der Waals surface area contributed by atoms with Gasteiger partial charge in [-0.1, -0.05) is 24.3 Å². The van der Waals surface area contributed by atoms with Gasteiger partial charge in [0, 0.05) is 17.1 Å². The Bertz CT molecular complexity index is 725. The summed E-state index contributed by atoms with van der Waals surface area (Å²) >= 11 is 0. The van der Waals surface area contributed by atoms with Gasteiger partial charge in [0.15, 0.2) is 11.6 Å². The van der Waals surface area contributed by atoms with Gasteiger partial charge in [0.2, 0.25) is 0 Å². The molecular formula is C15H10FNO. The Labute approximate surface area is 103 Å². The second-order valence-corrected chi connectivity index (χ2v) is 4.08. The summed E-state index contributed by atoms with van der Waals surface area (Å²) in [4.78, 5) is 4.32. The van der Waals surface area contributed by atoms with Crippen LogP contribution in [0.1, 0.15) is 0 Å². The van der Waals surface area contributed by atoms with E-state index in [-0.39, 0.29) is 5.75 Å². The van der Waals surface area contributed by atoms with Gasteiger partial charge in [0.05, 0.1) is 5.52 Å². The Morgan fingerprint density at radius 3 is 2.61 bits per heavy atom. The number of pyridine rings is 1. The molecule has 18 heavy (non-hydrogen) atoms. The first-order chi connectivity index (χ1) is 8.74. The molecular weight excluding hydrogens is 229 g/mol. The van der Waals surface area contributed by atoms with E-state index in [1.165, 1.54) is 12.1 Å². The van der Waals surface area contributed by atoms with Crippen LogP contribution >= 0.6 is 0 Å². The number of para-hydroxylation sites is 1. The van der Waals surface area contributed by atoms with Gasteiger partial charge >= 0.3 is 0 Å². The maximum Gasteiger partial charge on any atom is 0.165 e. The molecule has 0 bridgehead atoms. The molecule has 0 aliphatic rings. The van der Waals surface area contributed by atoms with Gasteiger partial charge in [-0.2, -0.15) is 0 Å². The fourth-order valence-corrected chi connectivity index (χ4v) is 1.92. The van der Waals surface area contributed by atoms with Gasteiger partial charge in [0.1, 0.15) is 0 Å². The maximum absolute atomic E-state index is 13.3. The number of benzene rings is 2. The lowest BCUT2D eigenvalue weighted by molar-refractivity contribution is 0.432. The SMILES string of the molecule is Oc1ccc(-c2cnc3ccccc3c2)cc1F. The van der Waals surface area contributed by atoms with Crippen LogP contribution in [0.25, 0.3) is 22.0 Å². The second kappa shape index (κ2) is 4.11. The van der Waals surface area contributed by atoms with Crippen LogP contribution in [-0.2, 0) is 0 Å². The van der Waals surface area contributed by atoms with Crippen molar-refractivity contribution >= 4 is 10.9 Å². The highest BCUT2D eigenvalue weighted by molar-refractivity contribution is 5.83. The average molecular weight is 239 g/mol. The van der Waals surface area contributed by atoms with Gasteiger partial charge in [-0.05, 0) is 29.8 Å². The minimum Gasteiger partial charge on any atom is -0.505 e. The molecule has 3 rings (SSSR count). The first-order valence-electron chi connectivity index (χ1n) is 5.58. The summed E-state index contributed by atoms with van der Waals surface area (Å²) in [7, 11) is 0. The summed E-state index contributed by atoms with van der Waals surface area (Å²) in [6, 6.07) is 14.0. The third-order valence-corrected chi connectivity index (χ3v) is 2.87. The summed E-state index contributed by atoms with van der Waals surface area (Å²) in [5.41, 5.74) is 2.43. The molecule has 0 aliphatic heterocycles. The topological polar surface area (TPSA) is 33.1 Å². The van der Waals surface area contributed by atoms with Crippen molar-refractivity contribution in [3.63, 3.8) is 0 Å². The number of rotatable bonds is 1. The lowest BCUT2D eigenvalue weighted by atomic mass is 10.1. The molecule has 0 amide bonds. The standard InChI is InChI=1S/C15H10FNO/c16-13-8-10(5-6-15(13)18)12-7-11-3-1-2-4-14(11)17-9-12/h1-9,18H. The highest BCUT2D eigenvalue weighted by Crippen LogP contribution is 2.26. The van der Waals surface area contributed by atoms with Crippen LogP contribution < -0.4 is 0 Å². The Kier molecular flexibility index (Phi) is 2.45. The number of aromatic nitrogens is 1. The zero-order valence-corrected chi connectivity index (χ0v) is 9.47. The van der Waals surface area contributed by atoms with Crippen LogP contribution in [0.2, 0.25) is 0 Å². The number of hydrogen-bond acceptors (Lipinski definition) is 2. The van der Waals surface area contributed by atoms with E-state index in [1.54, 1.807) is 12.3 Å². The normalized spacial score (nSPS) is 10.7. The summed E-state index contributed by atoms with van der Waals surface area (Å²) in [6.07, 6.45) is 1.70. The largest absolute Gasteiger partial charge is 0.505 e. The highest BCUT2D eigenvalue weighted by atomic mass is 19.1. The van der Waals surface area contributed by atoms with Crippen molar-refractivity contribution in [2.24, 2.45) is 0 Å². The van der Waals surface area contributed by atoms with E-state index in [9.17, 15) is 9.50 Å². The number of phenols is 1. The average Bonchev–Trinajstić information content (AvgIpc) is 2.41. The van der Waals surface area contributed by atoms with Crippen molar-refractivity contribution in [2.75, 3.05) is 0 Å². The van der Waals surface area contributed by atoms with E-state index in [2.05, 4.69) is 4.98 Å². The summed E-state index contributed by atoms with van der Waals surface area (Å²) in [5.74, 6) is -0.965. The van der Waals surface area contributed by atoms with Gasteiger partial charge in [-0.3, -0.25) is 4.98 Å². The zero-order valence-electron chi connectivity index (χ0n) is 9.47. The van der Waals surface area contributed by atoms with Gasteiger partial charge in [-0.15, -0.1) is 0 Å². The van der Waals surface area contributed by atoms with E-state index in [0.717, 1.165) is 16.5 Å². The predicted molar refractivity (Wildman–Crippen MR) is 68.8 cm³/mol. The van der Waals surface area contributed by atoms with Crippen molar-refractivity contribution in [3.05, 3.63) is 60.5 Å². The number of nitrogens with zero attached hydrogens (tertiary/aromatic N) is 1. The first kappa shape index (κ1) is 10.7. The van der Waals surface area contributed by atoms with Crippen molar-refractivity contribution < 1.29 is 9.50 Å². The minimum absolute atomic E-state index is 0.340. The number of halogens is 1. The maximum atomic E-state index is 13.3. The smallest absolute Gasteiger partial charge is 0.165 e. The van der Waals surface area contributed by atoms with Crippen LogP contribution in [0, 0.1) is 5.82 Å². The summed E-state index contributed by atoms with van der Waals surface area (Å²) < 4.78 is 13.3. The fourth-order valence-electron chi connectivity index (χ4n) is 1.92. The molecule has 88 valence electrons. The van der Waals surface area contributed by atoms with Gasteiger partial charge in [-0.25, -0.2) is 4.39 Å². The highest BCUT2D eigenvalue weighted by Gasteiger charge is 2.05. The molecule has 2 aromatic carbocycles. The molecule has 1 N–H and O–H groups in total. The Balaban J connectivity index is 2.16. The van der Waals surface area contributed by atoms with Gasteiger partial charge in [0.25, 0.3) is 0 Å². The third-order valence-electron chi connectivity index (χ3n) is 2.87. The van der Waals surface area contributed by atoms with Crippen LogP contribution in [0.5, 0.6) is 5.75 Å². The molecule has 0 unspecified atom stereocenters. The zero-order chi connectivity index (χ0) is 12.5. The van der Waals surface area contributed by atoms with Crippen molar-refractivity contribution in [2.45, 2.75) is 0 Å². The van der Waals surface area contributed by atoms with E-state index in [4.69, 9.17) is 0 Å². The lowest BCUT2D eigenvalue weighted by Crippen LogP contribution is -1.84. The molecule has 3 aromatic rings. The van der Waals surface area contributed by atoms with Crippen LogP contribution in [-0.4, -0.2) is 10.1 Å². The summed E-state index contributed by atoms with van der Waals surface area (Å²) in [6.45, 7) is 0. The van der Waals surface area contributed by atoms with Crippen LogP contribution in [0.4, 0.5) is 4.39 Å². The van der Waals surface area contributed by atoms with Crippen LogP contribution in [0.15, 0.2) is 54.7 Å². The van der Waals surface area contributed by atoms with Crippen LogP contribution in [0.3, 0.4) is 0 Å². The van der Waals surface area contributed by atoms with E-state index >= 15 is 0 Å². The molecule has 0 saturated carbocycles. The minimum atomic E-state index is -0.624. The first-order valence-corrected chi connectivity index (χ1v) is 5.58. The number of hydrogen-bond donors (Lipinski definition) is 1. The summed E-state index contributed by atoms with van der Waals surface area (Å²) in [5, 5.41) is 10.2. The molecule has 1 aromatic heterocycles. The Morgan fingerprint density at radius 1 is 0.944 bits per heavy atom. The van der Waals surface area contributed by atoms with Crippen molar-refractivity contribution in [1.29, 1.82) is 0 Å². The van der Waals surface area contributed by atoms with E-state index < -0.39 is 5.82 Å². The number of aromatic hydroxyl groups is 1. The molecule has 0 radical (unpaired) electrons. The fraction of sp³-hybridized carbons (Fsp3) is 0. The molecule has 0 fully saturated rings. The third kappa shape index (κ3) is 1.80. The lowest BCUT2D eigenvalue weighted by Gasteiger charge is -2.04. The quantitative estimate of drug-likeness (QED) is 0.701. The van der Waals surface area contributed by atoms with Gasteiger partial charge < -0.3 is 5.11 Å². The molecule has 0 atom stereocenters. The second-order valence-electron chi connectivity index (χ2n) is 4.08. The monoisotopic (exact) mass is 239 g/mol. The van der Waals surface area contributed by atoms with Crippen molar-refractivity contribution in [1.82, 2.24) is 4.98 Å². The molecule has 0 saturated heterocycles. The Hall–Kier alpha value is -2.42. The molecule has 3 heteroatoms. The molecule has 1 heterocycles. The number of fused-ring (bicyclic) bond motifs is 1. The predicted octanol–water partition coefficient (Wildman–Crippen LogP) is 3.75. The molecule has 2 nitrogen and oxygen atoms in total. The van der Waals surface area contributed by atoms with E-state index in [1.807, 2.05) is 30.3 Å². The van der Waals surface area contributed by atoms with E-state index in [0.29, 0.717) is 5.56 Å².